The maximum atomic E-state index is 2.70. The Morgan fingerprint density at radius 1 is 0.867 bits per heavy atom. The second kappa shape index (κ2) is 7.65. The van der Waals surface area contributed by atoms with Crippen LogP contribution in [0.15, 0.2) is 0 Å². The molecule has 0 bridgehead atoms. The Balaban J connectivity index is 2.43. The van der Waals surface area contributed by atoms with Gasteiger partial charge in [-0.1, -0.05) is 13.8 Å². The lowest BCUT2D eigenvalue weighted by Crippen LogP contribution is -2.44. The van der Waals surface area contributed by atoms with Gasteiger partial charge >= 0.3 is 15.7 Å². The molecule has 1 aliphatic heterocycles. The second-order valence-electron chi connectivity index (χ2n) is 4.57. The Bertz CT molecular complexity index is 150. The first-order valence-corrected chi connectivity index (χ1v) is 7.66. The van der Waals surface area contributed by atoms with E-state index in [1.54, 1.807) is 0 Å². The quantitative estimate of drug-likeness (QED) is 0.640. The fourth-order valence-electron chi connectivity index (χ4n) is 2.18. The van der Waals surface area contributed by atoms with Gasteiger partial charge in [-0.15, -0.1) is 0 Å². The standard InChI is InChI=1S/C11H25N3.Al.H/c1-4-12-8-6-10-14(3)11-7-9-13-5-2;;/h4-11H2,1-3H3;;/q-2;+2;. The van der Waals surface area contributed by atoms with Crippen LogP contribution in [0.1, 0.15) is 26.7 Å². The van der Waals surface area contributed by atoms with Crippen molar-refractivity contribution in [3.63, 3.8) is 0 Å². The molecule has 0 aromatic rings. The van der Waals surface area contributed by atoms with Gasteiger partial charge in [-0.3, -0.25) is 0 Å². The molecule has 4 heteroatoms. The summed E-state index contributed by atoms with van der Waals surface area (Å²) in [6.07, 6.45) is 2.68. The fraction of sp³-hybridized carbons (Fsp3) is 1.00. The molecule has 1 rings (SSSR count). The summed E-state index contributed by atoms with van der Waals surface area (Å²) in [5.41, 5.74) is 0. The zero-order valence-electron chi connectivity index (χ0n) is 10.7. The van der Waals surface area contributed by atoms with Crippen LogP contribution in [-0.4, -0.2) is 74.6 Å². The van der Waals surface area contributed by atoms with E-state index in [0.717, 1.165) is 0 Å². The number of nitrogens with zero attached hydrogens (tertiary/aromatic N) is 3. The number of rotatable bonds is 2. The first-order valence-electron chi connectivity index (χ1n) is 6.39. The molecule has 0 aromatic heterocycles. The molecule has 15 heavy (non-hydrogen) atoms. The van der Waals surface area contributed by atoms with Crippen molar-refractivity contribution < 1.29 is 0 Å². The van der Waals surface area contributed by atoms with Crippen LogP contribution in [0.3, 0.4) is 0 Å². The maximum absolute atomic E-state index is 2.70. The van der Waals surface area contributed by atoms with Gasteiger partial charge < -0.3 is 12.7 Å². The molecule has 0 spiro atoms. The Morgan fingerprint density at radius 3 is 1.73 bits per heavy atom. The highest BCUT2D eigenvalue weighted by molar-refractivity contribution is 6.28. The van der Waals surface area contributed by atoms with Crippen molar-refractivity contribution in [2.75, 3.05) is 46.3 Å². The molecule has 0 saturated carbocycles. The van der Waals surface area contributed by atoms with Crippen LogP contribution in [0.2, 0.25) is 0 Å². The topological polar surface area (TPSA) is 9.72 Å². The summed E-state index contributed by atoms with van der Waals surface area (Å²) in [7, 11) is 2.26. The van der Waals surface area contributed by atoms with Crippen molar-refractivity contribution in [3.05, 3.63) is 0 Å². The van der Waals surface area contributed by atoms with E-state index in [4.69, 9.17) is 0 Å². The molecule has 0 aromatic carbocycles. The van der Waals surface area contributed by atoms with Crippen molar-refractivity contribution in [3.8, 4) is 0 Å². The minimum Gasteiger partial charge on any atom is -0.374 e. The van der Waals surface area contributed by atoms with E-state index in [2.05, 4.69) is 33.6 Å². The summed E-state index contributed by atoms with van der Waals surface area (Å²) in [5.74, 6) is 0. The third kappa shape index (κ3) is 5.33. The highest BCUT2D eigenvalue weighted by Gasteiger charge is 2.15. The number of hydrogen-bond donors (Lipinski definition) is 0. The minimum atomic E-state index is -0.127. The van der Waals surface area contributed by atoms with Gasteiger partial charge in [0.1, 0.15) is 0 Å². The van der Waals surface area contributed by atoms with Crippen molar-refractivity contribution in [2.45, 2.75) is 26.7 Å². The van der Waals surface area contributed by atoms with E-state index in [9.17, 15) is 0 Å². The van der Waals surface area contributed by atoms with Crippen molar-refractivity contribution in [1.29, 1.82) is 0 Å². The van der Waals surface area contributed by atoms with E-state index in [1.807, 2.05) is 0 Å². The SMILES string of the molecule is CC[N]1CCCN(C)CCC[N](CC)[AlH]1. The predicted octanol–water partition coefficient (Wildman–Crippen LogP) is 0.622. The molecule has 0 atom stereocenters. The van der Waals surface area contributed by atoms with Gasteiger partial charge in [-0.25, -0.2) is 0 Å². The molecule has 0 amide bonds. The van der Waals surface area contributed by atoms with E-state index >= 15 is 0 Å². The average Bonchev–Trinajstić information content (AvgIpc) is 2.26. The van der Waals surface area contributed by atoms with Crippen LogP contribution >= 0.6 is 0 Å². The molecular formula is C11H26AlN3. The predicted molar refractivity (Wildman–Crippen MR) is 68.4 cm³/mol. The zero-order chi connectivity index (χ0) is 11.1. The molecule has 0 aliphatic carbocycles. The Labute approximate surface area is 102 Å². The zero-order valence-corrected chi connectivity index (χ0v) is 12.1. The molecule has 0 unspecified atom stereocenters. The second-order valence-corrected chi connectivity index (χ2v) is 6.64. The van der Waals surface area contributed by atoms with Crippen molar-refractivity contribution in [1.82, 2.24) is 12.7 Å². The van der Waals surface area contributed by atoms with E-state index in [-0.39, 0.29) is 15.7 Å². The molecule has 0 N–H and O–H groups in total. The monoisotopic (exact) mass is 227 g/mol. The third-order valence-corrected chi connectivity index (χ3v) is 5.65. The molecule has 1 heterocycles. The summed E-state index contributed by atoms with van der Waals surface area (Å²) < 4.78 is 5.39. The normalized spacial score (nSPS) is 23.7. The first-order chi connectivity index (χ1) is 7.26. The summed E-state index contributed by atoms with van der Waals surface area (Å²) >= 11 is -0.127. The van der Waals surface area contributed by atoms with Gasteiger partial charge in [0.2, 0.25) is 0 Å². The van der Waals surface area contributed by atoms with Crippen LogP contribution in [0.25, 0.3) is 0 Å². The lowest BCUT2D eigenvalue weighted by Gasteiger charge is -2.30. The van der Waals surface area contributed by atoms with Crippen molar-refractivity contribution in [2.24, 2.45) is 0 Å². The summed E-state index contributed by atoms with van der Waals surface area (Å²) in [4.78, 5) is 2.48. The largest absolute Gasteiger partial charge is 0.463 e. The molecule has 88 valence electrons. The lowest BCUT2D eigenvalue weighted by atomic mass is 10.3. The Kier molecular flexibility index (Phi) is 6.87. The molecule has 1 aliphatic rings. The Morgan fingerprint density at radius 2 is 1.33 bits per heavy atom. The number of hydrogen-bond acceptors (Lipinski definition) is 3. The summed E-state index contributed by atoms with van der Waals surface area (Å²) in [5, 5.41) is 0. The van der Waals surface area contributed by atoms with Gasteiger partial charge in [0, 0.05) is 0 Å². The van der Waals surface area contributed by atoms with E-state index in [1.165, 1.54) is 52.1 Å². The molecule has 3 nitrogen and oxygen atoms in total. The maximum Gasteiger partial charge on any atom is 0.463 e. The van der Waals surface area contributed by atoms with E-state index in [0.29, 0.717) is 0 Å². The van der Waals surface area contributed by atoms with Crippen LogP contribution < -0.4 is 0 Å². The van der Waals surface area contributed by atoms with Crippen LogP contribution in [-0.2, 0) is 0 Å². The molecule has 1 saturated heterocycles. The molecule has 1 fully saturated rings. The highest BCUT2D eigenvalue weighted by Crippen LogP contribution is 2.00. The molecular weight excluding hydrogens is 201 g/mol. The summed E-state index contributed by atoms with van der Waals surface area (Å²) in [6.45, 7) is 12.3. The third-order valence-electron chi connectivity index (χ3n) is 3.32. The van der Waals surface area contributed by atoms with Gasteiger partial charge in [-0.05, 0) is 59.2 Å². The lowest BCUT2D eigenvalue weighted by molar-refractivity contribution is 0.272. The van der Waals surface area contributed by atoms with Crippen molar-refractivity contribution >= 4 is 15.7 Å². The van der Waals surface area contributed by atoms with Crippen LogP contribution in [0.4, 0.5) is 0 Å². The Hall–Kier alpha value is 0.412. The van der Waals surface area contributed by atoms with E-state index < -0.39 is 0 Å². The minimum absolute atomic E-state index is 0.127. The van der Waals surface area contributed by atoms with Gasteiger partial charge in [0.25, 0.3) is 0 Å². The average molecular weight is 227 g/mol. The summed E-state index contributed by atoms with van der Waals surface area (Å²) in [6, 6.07) is 0. The first kappa shape index (κ1) is 13.5. The molecule has 0 radical (unpaired) electrons. The van der Waals surface area contributed by atoms with Crippen LogP contribution in [0.5, 0.6) is 0 Å². The smallest absolute Gasteiger partial charge is 0.374 e. The van der Waals surface area contributed by atoms with Gasteiger partial charge in [0.15, 0.2) is 0 Å². The fourth-order valence-corrected chi connectivity index (χ4v) is 3.88. The highest BCUT2D eigenvalue weighted by atomic mass is 27.1. The van der Waals surface area contributed by atoms with Crippen LogP contribution in [0, 0.1) is 0 Å². The van der Waals surface area contributed by atoms with Gasteiger partial charge in [0.05, 0.1) is 0 Å². The van der Waals surface area contributed by atoms with Gasteiger partial charge in [-0.2, -0.15) is 0 Å².